The molecule has 0 aliphatic carbocycles. The minimum atomic E-state index is -4.79. The first kappa shape index (κ1) is 17.1. The molecule has 2 rings (SSSR count). The van der Waals surface area contributed by atoms with Crippen LogP contribution in [0.15, 0.2) is 53.4 Å². The zero-order valence-corrected chi connectivity index (χ0v) is 12.4. The van der Waals surface area contributed by atoms with Gasteiger partial charge in [-0.3, -0.25) is 4.79 Å². The van der Waals surface area contributed by atoms with Gasteiger partial charge >= 0.3 is 6.36 Å². The summed E-state index contributed by atoms with van der Waals surface area (Å²) in [6.07, 6.45) is -4.79. The molecule has 23 heavy (non-hydrogen) atoms. The van der Waals surface area contributed by atoms with Crippen LogP contribution >= 0.6 is 11.8 Å². The normalized spacial score (nSPS) is 11.1. The van der Waals surface area contributed by atoms with Gasteiger partial charge in [0.15, 0.2) is 0 Å². The predicted octanol–water partition coefficient (Wildman–Crippen LogP) is 4.46. The van der Waals surface area contributed by atoms with E-state index < -0.39 is 18.0 Å². The molecule has 0 aromatic heterocycles. The second kappa shape index (κ2) is 7.36. The summed E-state index contributed by atoms with van der Waals surface area (Å²) < 4.78 is 52.9. The maximum atomic E-state index is 12.7. The van der Waals surface area contributed by atoms with E-state index in [-0.39, 0.29) is 17.3 Å². The van der Waals surface area contributed by atoms with Crippen LogP contribution in [0.1, 0.15) is 0 Å². The van der Waals surface area contributed by atoms with Crippen LogP contribution in [0.3, 0.4) is 0 Å². The molecule has 0 aliphatic heterocycles. The third-order valence-corrected chi connectivity index (χ3v) is 3.55. The lowest BCUT2D eigenvalue weighted by molar-refractivity contribution is -0.274. The molecule has 8 heteroatoms. The Balaban J connectivity index is 1.89. The lowest BCUT2D eigenvalue weighted by atomic mass is 10.3. The van der Waals surface area contributed by atoms with E-state index in [1.807, 2.05) is 0 Å². The molecule has 1 N–H and O–H groups in total. The number of anilines is 1. The maximum absolute atomic E-state index is 12.7. The van der Waals surface area contributed by atoms with Crippen molar-refractivity contribution in [3.05, 3.63) is 54.3 Å². The second-order valence-corrected chi connectivity index (χ2v) is 5.42. The first-order valence-electron chi connectivity index (χ1n) is 6.36. The van der Waals surface area contributed by atoms with Crippen molar-refractivity contribution >= 4 is 23.4 Å². The molecule has 122 valence electrons. The van der Waals surface area contributed by atoms with Gasteiger partial charge in [0.1, 0.15) is 11.6 Å². The van der Waals surface area contributed by atoms with Gasteiger partial charge in [-0.15, -0.1) is 24.9 Å². The number of benzene rings is 2. The van der Waals surface area contributed by atoms with Crippen molar-refractivity contribution < 1.29 is 27.1 Å². The van der Waals surface area contributed by atoms with E-state index in [1.54, 1.807) is 0 Å². The Labute approximate surface area is 133 Å². The summed E-state index contributed by atoms with van der Waals surface area (Å²) in [5.74, 6) is -1.15. The summed E-state index contributed by atoms with van der Waals surface area (Å²) in [5, 5.41) is 2.47. The van der Waals surface area contributed by atoms with Crippen molar-refractivity contribution in [3.63, 3.8) is 0 Å². The first-order chi connectivity index (χ1) is 10.8. The summed E-state index contributed by atoms with van der Waals surface area (Å²) in [5.41, 5.74) is 0.191. The molecule has 0 bridgehead atoms. The van der Waals surface area contributed by atoms with Gasteiger partial charge in [-0.2, -0.15) is 0 Å². The summed E-state index contributed by atoms with van der Waals surface area (Å²) in [6.45, 7) is 0. The average molecular weight is 345 g/mol. The van der Waals surface area contributed by atoms with Gasteiger partial charge in [-0.25, -0.2) is 4.39 Å². The van der Waals surface area contributed by atoms with E-state index in [1.165, 1.54) is 48.2 Å². The number of alkyl halides is 3. The van der Waals surface area contributed by atoms with Crippen LogP contribution in [0.4, 0.5) is 23.2 Å². The summed E-state index contributed by atoms with van der Waals surface area (Å²) in [6, 6.07) is 10.6. The Morgan fingerprint density at radius 3 is 2.48 bits per heavy atom. The Kier molecular flexibility index (Phi) is 5.49. The van der Waals surface area contributed by atoms with Crippen molar-refractivity contribution in [3.8, 4) is 5.75 Å². The molecule has 0 saturated carbocycles. The SMILES string of the molecule is O=C(CSc1ccc(F)cc1)Nc1cccc(OC(F)(F)F)c1. The third-order valence-electron chi connectivity index (χ3n) is 2.53. The van der Waals surface area contributed by atoms with Gasteiger partial charge in [0.2, 0.25) is 5.91 Å². The number of amides is 1. The Morgan fingerprint density at radius 2 is 1.83 bits per heavy atom. The molecular formula is C15H11F4NO2S. The largest absolute Gasteiger partial charge is 0.573 e. The van der Waals surface area contributed by atoms with E-state index in [0.717, 1.165) is 12.1 Å². The molecule has 3 nitrogen and oxygen atoms in total. The molecule has 0 fully saturated rings. The molecule has 0 spiro atoms. The number of thioether (sulfide) groups is 1. The topological polar surface area (TPSA) is 38.3 Å². The van der Waals surface area contributed by atoms with Gasteiger partial charge in [-0.1, -0.05) is 6.07 Å². The lowest BCUT2D eigenvalue weighted by Gasteiger charge is -2.10. The fourth-order valence-corrected chi connectivity index (χ4v) is 2.35. The van der Waals surface area contributed by atoms with Gasteiger partial charge in [-0.05, 0) is 36.4 Å². The fraction of sp³-hybridized carbons (Fsp3) is 0.133. The molecule has 0 heterocycles. The quantitative estimate of drug-likeness (QED) is 0.642. The minimum absolute atomic E-state index is 0.0377. The Hall–Kier alpha value is -2.22. The summed E-state index contributed by atoms with van der Waals surface area (Å²) >= 11 is 1.18. The van der Waals surface area contributed by atoms with Gasteiger partial charge in [0.25, 0.3) is 0 Å². The average Bonchev–Trinajstić information content (AvgIpc) is 2.45. The number of hydrogen-bond donors (Lipinski definition) is 1. The number of ether oxygens (including phenoxy) is 1. The van der Waals surface area contributed by atoms with E-state index >= 15 is 0 Å². The van der Waals surface area contributed by atoms with Crippen molar-refractivity contribution in [2.24, 2.45) is 0 Å². The standard InChI is InChI=1S/C15H11F4NO2S/c16-10-4-6-13(7-5-10)23-9-14(21)20-11-2-1-3-12(8-11)22-15(17,18)19/h1-8H,9H2,(H,20,21). The number of hydrogen-bond acceptors (Lipinski definition) is 3. The molecule has 0 saturated heterocycles. The number of rotatable bonds is 5. The van der Waals surface area contributed by atoms with Gasteiger partial charge < -0.3 is 10.1 Å². The van der Waals surface area contributed by atoms with Crippen molar-refractivity contribution in [1.82, 2.24) is 0 Å². The van der Waals surface area contributed by atoms with Crippen molar-refractivity contribution in [2.75, 3.05) is 11.1 Å². The highest BCUT2D eigenvalue weighted by Gasteiger charge is 2.31. The fourth-order valence-electron chi connectivity index (χ4n) is 1.65. The highest BCUT2D eigenvalue weighted by Crippen LogP contribution is 2.25. The highest BCUT2D eigenvalue weighted by molar-refractivity contribution is 8.00. The monoisotopic (exact) mass is 345 g/mol. The Bertz CT molecular complexity index is 674. The molecule has 0 unspecified atom stereocenters. The Morgan fingerprint density at radius 1 is 1.13 bits per heavy atom. The number of nitrogens with one attached hydrogen (secondary N) is 1. The van der Waals surface area contributed by atoms with Crippen LogP contribution in [0.25, 0.3) is 0 Å². The van der Waals surface area contributed by atoms with Gasteiger partial charge in [0, 0.05) is 16.6 Å². The van der Waals surface area contributed by atoms with Crippen LogP contribution < -0.4 is 10.1 Å². The van der Waals surface area contributed by atoms with Crippen molar-refractivity contribution in [2.45, 2.75) is 11.3 Å². The molecule has 1 amide bonds. The van der Waals surface area contributed by atoms with Crippen LogP contribution in [0, 0.1) is 5.82 Å². The number of carbonyl (C=O) groups excluding carboxylic acids is 1. The zero-order valence-electron chi connectivity index (χ0n) is 11.6. The molecule has 0 aliphatic rings. The van der Waals surface area contributed by atoms with Gasteiger partial charge in [0.05, 0.1) is 5.75 Å². The maximum Gasteiger partial charge on any atom is 0.573 e. The lowest BCUT2D eigenvalue weighted by Crippen LogP contribution is -2.18. The van der Waals surface area contributed by atoms with E-state index in [0.29, 0.717) is 4.90 Å². The van der Waals surface area contributed by atoms with Crippen LogP contribution in [0.2, 0.25) is 0 Å². The highest BCUT2D eigenvalue weighted by atomic mass is 32.2. The van der Waals surface area contributed by atoms with Crippen LogP contribution in [-0.2, 0) is 4.79 Å². The van der Waals surface area contributed by atoms with E-state index in [9.17, 15) is 22.4 Å². The number of carbonyl (C=O) groups is 1. The molecular weight excluding hydrogens is 334 g/mol. The second-order valence-electron chi connectivity index (χ2n) is 4.37. The molecule has 2 aromatic rings. The number of halogens is 4. The molecule has 2 aromatic carbocycles. The minimum Gasteiger partial charge on any atom is -0.406 e. The zero-order chi connectivity index (χ0) is 16.9. The third kappa shape index (κ3) is 6.19. The predicted molar refractivity (Wildman–Crippen MR) is 78.9 cm³/mol. The summed E-state index contributed by atoms with van der Waals surface area (Å²) in [4.78, 5) is 12.5. The van der Waals surface area contributed by atoms with E-state index in [2.05, 4.69) is 10.1 Å². The first-order valence-corrected chi connectivity index (χ1v) is 7.34. The smallest absolute Gasteiger partial charge is 0.406 e. The summed E-state index contributed by atoms with van der Waals surface area (Å²) in [7, 11) is 0. The van der Waals surface area contributed by atoms with Crippen molar-refractivity contribution in [1.29, 1.82) is 0 Å². The molecule has 0 atom stereocenters. The van der Waals surface area contributed by atoms with E-state index in [4.69, 9.17) is 0 Å². The van der Waals surface area contributed by atoms with Crippen LogP contribution in [-0.4, -0.2) is 18.0 Å². The molecule has 0 radical (unpaired) electrons. The van der Waals surface area contributed by atoms with Crippen LogP contribution in [0.5, 0.6) is 5.75 Å².